The third kappa shape index (κ3) is 6.41. The normalized spacial score (nSPS) is 14.7. The molecule has 10 nitrogen and oxygen atoms in total. The van der Waals surface area contributed by atoms with Crippen molar-refractivity contribution < 1.29 is 23.9 Å². The molecule has 220 valence electrons. The van der Waals surface area contributed by atoms with Crippen molar-refractivity contribution in [3.8, 4) is 11.5 Å². The zero-order valence-electron chi connectivity index (χ0n) is 24.0. The van der Waals surface area contributed by atoms with E-state index in [9.17, 15) is 19.7 Å². The number of ether oxygens (including phenoxy) is 3. The number of esters is 1. The predicted molar refractivity (Wildman–Crippen MR) is 162 cm³/mol. The first-order chi connectivity index (χ1) is 20.6. The van der Waals surface area contributed by atoms with Crippen LogP contribution in [0.25, 0.3) is 6.08 Å². The summed E-state index contributed by atoms with van der Waals surface area (Å²) >= 11 is 1.25. The van der Waals surface area contributed by atoms with E-state index in [-0.39, 0.29) is 24.0 Å². The Hall–Kier alpha value is -5.03. The number of aromatic nitrogens is 1. The molecule has 0 saturated heterocycles. The molecule has 11 heteroatoms. The highest BCUT2D eigenvalue weighted by molar-refractivity contribution is 7.07. The zero-order chi connectivity index (χ0) is 30.7. The van der Waals surface area contributed by atoms with Crippen molar-refractivity contribution in [1.82, 2.24) is 4.57 Å². The van der Waals surface area contributed by atoms with Gasteiger partial charge in [-0.1, -0.05) is 35.6 Å². The van der Waals surface area contributed by atoms with Crippen LogP contribution >= 0.6 is 11.3 Å². The fourth-order valence-electron chi connectivity index (χ4n) is 4.65. The number of non-ortho nitro benzene ring substituents is 1. The average Bonchev–Trinajstić information content (AvgIpc) is 3.29. The smallest absolute Gasteiger partial charge is 0.338 e. The summed E-state index contributed by atoms with van der Waals surface area (Å²) in [4.78, 5) is 42.6. The number of fused-ring (bicyclic) bond motifs is 1. The Morgan fingerprint density at radius 3 is 2.30 bits per heavy atom. The van der Waals surface area contributed by atoms with Crippen LogP contribution in [0.2, 0.25) is 0 Å². The molecule has 1 aromatic heterocycles. The molecular weight excluding hydrogens is 570 g/mol. The molecule has 0 amide bonds. The number of carbonyl (C=O) groups excluding carboxylic acids is 1. The number of carbonyl (C=O) groups is 1. The number of nitrogens with zero attached hydrogens (tertiary/aromatic N) is 3. The third-order valence-electron chi connectivity index (χ3n) is 6.75. The number of allylic oxidation sites excluding steroid dienone is 1. The number of rotatable bonds is 9. The molecule has 5 rings (SSSR count). The van der Waals surface area contributed by atoms with Gasteiger partial charge in [0, 0.05) is 12.1 Å². The van der Waals surface area contributed by atoms with Crippen LogP contribution in [-0.2, 0) is 16.1 Å². The molecule has 1 aliphatic heterocycles. The van der Waals surface area contributed by atoms with Gasteiger partial charge in [-0.3, -0.25) is 19.5 Å². The molecule has 1 unspecified atom stereocenters. The number of nitro benzene ring substituents is 1. The van der Waals surface area contributed by atoms with Gasteiger partial charge in [-0.2, -0.15) is 0 Å². The summed E-state index contributed by atoms with van der Waals surface area (Å²) < 4.78 is 18.7. The number of benzene rings is 3. The minimum Gasteiger partial charge on any atom is -0.497 e. The molecule has 1 aliphatic rings. The summed E-state index contributed by atoms with van der Waals surface area (Å²) in [6, 6.07) is 20.0. The van der Waals surface area contributed by atoms with Crippen LogP contribution in [-0.4, -0.2) is 28.7 Å². The predicted octanol–water partition coefficient (Wildman–Crippen LogP) is 4.68. The van der Waals surface area contributed by atoms with Gasteiger partial charge < -0.3 is 14.2 Å². The van der Waals surface area contributed by atoms with E-state index in [2.05, 4.69) is 4.99 Å². The van der Waals surface area contributed by atoms with Crippen molar-refractivity contribution in [2.45, 2.75) is 39.5 Å². The van der Waals surface area contributed by atoms with Gasteiger partial charge in [-0.25, -0.2) is 9.79 Å². The van der Waals surface area contributed by atoms with E-state index in [1.807, 2.05) is 24.3 Å². The van der Waals surface area contributed by atoms with E-state index >= 15 is 0 Å². The monoisotopic (exact) mass is 599 g/mol. The first-order valence-electron chi connectivity index (χ1n) is 13.5. The number of thiazole rings is 1. The van der Waals surface area contributed by atoms with Crippen molar-refractivity contribution in [1.29, 1.82) is 0 Å². The van der Waals surface area contributed by atoms with Gasteiger partial charge in [0.05, 0.1) is 40.0 Å². The molecule has 2 heterocycles. The number of methoxy groups -OCH3 is 1. The molecule has 0 saturated carbocycles. The maximum Gasteiger partial charge on any atom is 0.338 e. The second-order valence-electron chi connectivity index (χ2n) is 10.1. The quantitative estimate of drug-likeness (QED) is 0.156. The van der Waals surface area contributed by atoms with Gasteiger partial charge in [-0.15, -0.1) is 0 Å². The molecule has 0 bridgehead atoms. The Morgan fingerprint density at radius 1 is 1.05 bits per heavy atom. The average molecular weight is 600 g/mol. The summed E-state index contributed by atoms with van der Waals surface area (Å²) in [7, 11) is 1.57. The Balaban J connectivity index is 1.45. The lowest BCUT2D eigenvalue weighted by atomic mass is 9.96. The molecule has 0 aliphatic carbocycles. The highest BCUT2D eigenvalue weighted by atomic mass is 32.1. The number of hydrogen-bond donors (Lipinski definition) is 0. The molecule has 0 N–H and O–H groups in total. The fraction of sp³-hybridized carbons (Fsp3) is 0.219. The van der Waals surface area contributed by atoms with Gasteiger partial charge in [0.2, 0.25) is 0 Å². The van der Waals surface area contributed by atoms with Crippen LogP contribution in [0.5, 0.6) is 11.5 Å². The molecule has 3 aromatic carbocycles. The molecular formula is C32H29N3O7S. The van der Waals surface area contributed by atoms with E-state index in [1.165, 1.54) is 23.5 Å². The Bertz CT molecular complexity index is 1870. The van der Waals surface area contributed by atoms with Crippen molar-refractivity contribution in [2.75, 3.05) is 7.11 Å². The van der Waals surface area contributed by atoms with Gasteiger partial charge in [0.25, 0.3) is 11.2 Å². The van der Waals surface area contributed by atoms with Crippen molar-refractivity contribution >= 4 is 29.1 Å². The maximum atomic E-state index is 13.8. The fourth-order valence-corrected chi connectivity index (χ4v) is 5.70. The van der Waals surface area contributed by atoms with Crippen LogP contribution in [0.3, 0.4) is 0 Å². The molecule has 0 radical (unpaired) electrons. The highest BCUT2D eigenvalue weighted by Gasteiger charge is 2.33. The first-order valence-corrected chi connectivity index (χ1v) is 14.3. The van der Waals surface area contributed by atoms with Crippen LogP contribution in [0.4, 0.5) is 5.69 Å². The molecule has 0 spiro atoms. The Kier molecular flexibility index (Phi) is 8.53. The first kappa shape index (κ1) is 29.5. The van der Waals surface area contributed by atoms with E-state index in [4.69, 9.17) is 14.2 Å². The standard InChI is InChI=1S/C32H29N3O7S/c1-19(2)42-31(37)28-20(3)33-32-34(29(28)23-9-15-25(40-4)16-10-23)30(36)27(43-32)17-21-7-13-26(14-8-21)41-18-22-5-11-24(12-6-22)35(38)39/h5-17,19,29H,18H2,1-4H3/b27-17-. The maximum absolute atomic E-state index is 13.8. The molecule has 43 heavy (non-hydrogen) atoms. The second-order valence-corrected chi connectivity index (χ2v) is 11.1. The van der Waals surface area contributed by atoms with Gasteiger partial charge in [0.15, 0.2) is 4.80 Å². The lowest BCUT2D eigenvalue weighted by Crippen LogP contribution is -2.40. The van der Waals surface area contributed by atoms with Crippen molar-refractivity contribution in [3.05, 3.63) is 131 Å². The van der Waals surface area contributed by atoms with Crippen LogP contribution in [0, 0.1) is 10.1 Å². The molecule has 4 aromatic rings. The van der Waals surface area contributed by atoms with Gasteiger partial charge in [-0.05, 0) is 79.9 Å². The topological polar surface area (TPSA) is 122 Å². The Morgan fingerprint density at radius 2 is 1.70 bits per heavy atom. The number of nitro groups is 1. The van der Waals surface area contributed by atoms with E-state index in [1.54, 1.807) is 74.9 Å². The second kappa shape index (κ2) is 12.5. The lowest BCUT2D eigenvalue weighted by Gasteiger charge is -2.25. The van der Waals surface area contributed by atoms with E-state index in [0.717, 1.165) is 16.7 Å². The van der Waals surface area contributed by atoms with Crippen LogP contribution < -0.4 is 24.4 Å². The van der Waals surface area contributed by atoms with Crippen LogP contribution in [0.15, 0.2) is 93.9 Å². The van der Waals surface area contributed by atoms with E-state index in [0.29, 0.717) is 32.1 Å². The van der Waals surface area contributed by atoms with Crippen molar-refractivity contribution in [3.63, 3.8) is 0 Å². The largest absolute Gasteiger partial charge is 0.497 e. The van der Waals surface area contributed by atoms with Crippen LogP contribution in [0.1, 0.15) is 43.5 Å². The highest BCUT2D eigenvalue weighted by Crippen LogP contribution is 2.32. The zero-order valence-corrected chi connectivity index (χ0v) is 24.8. The summed E-state index contributed by atoms with van der Waals surface area (Å²) in [5.41, 5.74) is 2.87. The summed E-state index contributed by atoms with van der Waals surface area (Å²) in [5, 5.41) is 10.8. The third-order valence-corrected chi connectivity index (χ3v) is 7.73. The number of hydrogen-bond acceptors (Lipinski definition) is 9. The van der Waals surface area contributed by atoms with Gasteiger partial charge in [0.1, 0.15) is 18.1 Å². The van der Waals surface area contributed by atoms with Crippen molar-refractivity contribution in [2.24, 2.45) is 4.99 Å². The lowest BCUT2D eigenvalue weighted by molar-refractivity contribution is -0.384. The SMILES string of the molecule is COc1ccc(C2C(C(=O)OC(C)C)=C(C)N=c3s/c(=C\c4ccc(OCc5ccc([N+](=O)[O-])cc5)cc4)c(=O)n32)cc1. The minimum atomic E-state index is -0.717. The van der Waals surface area contributed by atoms with E-state index < -0.39 is 16.9 Å². The minimum absolute atomic E-state index is 0.0237. The molecule has 1 atom stereocenters. The summed E-state index contributed by atoms with van der Waals surface area (Å²) in [6.45, 7) is 5.55. The summed E-state index contributed by atoms with van der Waals surface area (Å²) in [6.07, 6.45) is 1.44. The Labute approximate surface area is 251 Å². The van der Waals surface area contributed by atoms with Gasteiger partial charge >= 0.3 is 5.97 Å². The molecule has 0 fully saturated rings. The summed E-state index contributed by atoms with van der Waals surface area (Å²) in [5.74, 6) is 0.749.